The number of hydrogen-bond donors (Lipinski definition) is 1. The first-order chi connectivity index (χ1) is 7.97. The average Bonchev–Trinajstić information content (AvgIpc) is 2.62. The molecule has 0 atom stereocenters. The maximum atomic E-state index is 5.92. The van der Waals surface area contributed by atoms with Crippen LogP contribution in [0.3, 0.4) is 0 Å². The van der Waals surface area contributed by atoms with Crippen molar-refractivity contribution in [3.05, 3.63) is 42.2 Å². The number of nitrogens with two attached hydrogens (primary N) is 1. The quantitative estimate of drug-likeness (QED) is 0.797. The Bertz CT molecular complexity index is 494. The largest absolute Gasteiger partial charge is 0.375 e. The fraction of sp³-hybridized carbons (Fsp3) is 0.385. The molecular formula is C13H19N4+. The van der Waals surface area contributed by atoms with Gasteiger partial charge in [-0.25, -0.2) is 4.57 Å². The van der Waals surface area contributed by atoms with E-state index in [1.165, 1.54) is 5.56 Å². The summed E-state index contributed by atoms with van der Waals surface area (Å²) in [5.41, 5.74) is 7.09. The minimum absolute atomic E-state index is 0.0456. The van der Waals surface area contributed by atoms with Crippen LogP contribution in [0.25, 0.3) is 0 Å². The van der Waals surface area contributed by atoms with E-state index in [1.807, 2.05) is 33.8 Å². The Labute approximate surface area is 102 Å². The number of hydrogen-bond acceptors (Lipinski definition) is 2. The summed E-state index contributed by atoms with van der Waals surface area (Å²) in [5, 5.41) is 4.34. The zero-order valence-electron chi connectivity index (χ0n) is 10.6. The van der Waals surface area contributed by atoms with E-state index < -0.39 is 0 Å². The smallest absolute Gasteiger partial charge is 0.305 e. The van der Waals surface area contributed by atoms with Crippen LogP contribution in [-0.4, -0.2) is 9.78 Å². The van der Waals surface area contributed by atoms with Crippen LogP contribution in [0.5, 0.6) is 0 Å². The Kier molecular flexibility index (Phi) is 2.88. The third-order valence-corrected chi connectivity index (χ3v) is 2.64. The highest BCUT2D eigenvalue weighted by Gasteiger charge is 2.22. The second-order valence-electron chi connectivity index (χ2n) is 5.20. The van der Waals surface area contributed by atoms with Gasteiger partial charge in [-0.1, -0.05) is 30.3 Å². The van der Waals surface area contributed by atoms with Crippen LogP contribution in [0.15, 0.2) is 36.7 Å². The summed E-state index contributed by atoms with van der Waals surface area (Å²) >= 11 is 0. The van der Waals surface area contributed by atoms with Crippen molar-refractivity contribution in [2.45, 2.75) is 32.9 Å². The van der Waals surface area contributed by atoms with Gasteiger partial charge in [-0.2, -0.15) is 0 Å². The van der Waals surface area contributed by atoms with Crippen molar-refractivity contribution in [1.29, 1.82) is 0 Å². The van der Waals surface area contributed by atoms with E-state index in [4.69, 9.17) is 5.73 Å². The molecule has 0 bridgehead atoms. The first-order valence-electron chi connectivity index (χ1n) is 5.76. The highest BCUT2D eigenvalue weighted by Crippen LogP contribution is 2.11. The molecule has 0 aliphatic carbocycles. The highest BCUT2D eigenvalue weighted by molar-refractivity contribution is 5.14. The molecule has 0 amide bonds. The van der Waals surface area contributed by atoms with Gasteiger partial charge in [0.1, 0.15) is 5.54 Å². The first-order valence-corrected chi connectivity index (χ1v) is 5.76. The van der Waals surface area contributed by atoms with Gasteiger partial charge < -0.3 is 5.73 Å². The molecule has 1 aromatic carbocycles. The third kappa shape index (κ3) is 2.64. The maximum absolute atomic E-state index is 5.92. The van der Waals surface area contributed by atoms with Gasteiger partial charge in [0.25, 0.3) is 0 Å². The van der Waals surface area contributed by atoms with E-state index in [-0.39, 0.29) is 5.54 Å². The van der Waals surface area contributed by atoms with Crippen molar-refractivity contribution in [1.82, 2.24) is 9.78 Å². The predicted octanol–water partition coefficient (Wildman–Crippen LogP) is 1.56. The summed E-state index contributed by atoms with van der Waals surface area (Å²) in [4.78, 5) is 0. The van der Waals surface area contributed by atoms with Crippen molar-refractivity contribution in [2.24, 2.45) is 0 Å². The van der Waals surface area contributed by atoms with E-state index in [0.717, 1.165) is 6.54 Å². The van der Waals surface area contributed by atoms with Crippen LogP contribution in [-0.2, 0) is 12.1 Å². The van der Waals surface area contributed by atoms with Crippen molar-refractivity contribution >= 4 is 5.95 Å². The Hall–Kier alpha value is -1.84. The first kappa shape index (κ1) is 11.6. The molecule has 0 fully saturated rings. The topological polar surface area (TPSA) is 47.7 Å². The second kappa shape index (κ2) is 4.20. The highest BCUT2D eigenvalue weighted by atomic mass is 15.4. The number of anilines is 1. The standard InChI is InChI=1S/C13H19N4/c1-13(2,3)17-10-16(12(14)15-17)9-11-7-5-4-6-8-11/h4-8,10H,9H2,1-3H3,(H2,14,15)/q+1. The summed E-state index contributed by atoms with van der Waals surface area (Å²) in [6.45, 7) is 7.06. The molecule has 17 heavy (non-hydrogen) atoms. The monoisotopic (exact) mass is 231 g/mol. The molecule has 0 saturated heterocycles. The molecule has 90 valence electrons. The second-order valence-corrected chi connectivity index (χ2v) is 5.20. The molecule has 0 saturated carbocycles. The van der Waals surface area contributed by atoms with E-state index in [1.54, 1.807) is 0 Å². The molecule has 1 heterocycles. The van der Waals surface area contributed by atoms with Crippen molar-refractivity contribution < 1.29 is 4.57 Å². The Morgan fingerprint density at radius 1 is 1.24 bits per heavy atom. The lowest BCUT2D eigenvalue weighted by molar-refractivity contribution is -0.675. The summed E-state index contributed by atoms with van der Waals surface area (Å²) in [5.74, 6) is 0.545. The minimum Gasteiger partial charge on any atom is -0.305 e. The van der Waals surface area contributed by atoms with Crippen LogP contribution in [0.4, 0.5) is 5.95 Å². The van der Waals surface area contributed by atoms with Crippen LogP contribution in [0, 0.1) is 0 Å². The Morgan fingerprint density at radius 3 is 2.41 bits per heavy atom. The number of aromatic nitrogens is 3. The molecular weight excluding hydrogens is 212 g/mol. The maximum Gasteiger partial charge on any atom is 0.375 e. The summed E-state index contributed by atoms with van der Waals surface area (Å²) < 4.78 is 3.85. The van der Waals surface area contributed by atoms with Crippen molar-refractivity contribution in [3.8, 4) is 0 Å². The molecule has 0 radical (unpaired) electrons. The molecule has 1 aromatic heterocycles. The van der Waals surface area contributed by atoms with Gasteiger partial charge in [0.15, 0.2) is 6.33 Å². The van der Waals surface area contributed by atoms with Crippen LogP contribution >= 0.6 is 0 Å². The van der Waals surface area contributed by atoms with Gasteiger partial charge in [-0.05, 0) is 26.3 Å². The zero-order chi connectivity index (χ0) is 12.5. The molecule has 0 unspecified atom stereocenters. The molecule has 0 aliphatic rings. The number of benzene rings is 1. The van der Waals surface area contributed by atoms with E-state index in [2.05, 4.69) is 38.0 Å². The summed E-state index contributed by atoms with van der Waals surface area (Å²) in [6, 6.07) is 10.2. The lowest BCUT2D eigenvalue weighted by Crippen LogP contribution is -2.36. The molecule has 2 aromatic rings. The number of nitrogens with zero attached hydrogens (tertiary/aromatic N) is 3. The van der Waals surface area contributed by atoms with Crippen LogP contribution in [0.1, 0.15) is 26.3 Å². The van der Waals surface area contributed by atoms with Crippen molar-refractivity contribution in [2.75, 3.05) is 5.73 Å². The molecule has 0 spiro atoms. The number of rotatable bonds is 2. The Morgan fingerprint density at radius 2 is 1.88 bits per heavy atom. The van der Waals surface area contributed by atoms with E-state index in [9.17, 15) is 0 Å². The van der Waals surface area contributed by atoms with Gasteiger partial charge >= 0.3 is 5.95 Å². The summed E-state index contributed by atoms with van der Waals surface area (Å²) in [6.07, 6.45) is 1.96. The third-order valence-electron chi connectivity index (χ3n) is 2.64. The minimum atomic E-state index is -0.0456. The zero-order valence-corrected chi connectivity index (χ0v) is 10.6. The van der Waals surface area contributed by atoms with Crippen molar-refractivity contribution in [3.63, 3.8) is 0 Å². The van der Waals surface area contributed by atoms with Crippen LogP contribution < -0.4 is 10.3 Å². The molecule has 4 nitrogen and oxygen atoms in total. The fourth-order valence-electron chi connectivity index (χ4n) is 1.61. The van der Waals surface area contributed by atoms with E-state index >= 15 is 0 Å². The fourth-order valence-corrected chi connectivity index (χ4v) is 1.61. The average molecular weight is 231 g/mol. The predicted molar refractivity (Wildman–Crippen MR) is 67.4 cm³/mol. The molecule has 0 aliphatic heterocycles. The van der Waals surface area contributed by atoms with Crippen LogP contribution in [0.2, 0.25) is 0 Å². The SMILES string of the molecule is CC(C)(C)n1c[n+](Cc2ccccc2)c(N)n1. The lowest BCUT2D eigenvalue weighted by atomic mass is 10.1. The van der Waals surface area contributed by atoms with Gasteiger partial charge in [0.2, 0.25) is 0 Å². The van der Waals surface area contributed by atoms with Gasteiger partial charge in [0.05, 0.1) is 6.54 Å². The Balaban J connectivity index is 2.26. The number of nitrogen functional groups attached to an aromatic ring is 1. The normalized spacial score (nSPS) is 11.7. The molecule has 4 heteroatoms. The molecule has 2 N–H and O–H groups in total. The molecule has 2 rings (SSSR count). The lowest BCUT2D eigenvalue weighted by Gasteiger charge is -2.12. The van der Waals surface area contributed by atoms with Gasteiger partial charge in [0, 0.05) is 5.10 Å². The summed E-state index contributed by atoms with van der Waals surface area (Å²) in [7, 11) is 0. The van der Waals surface area contributed by atoms with Gasteiger partial charge in [-0.3, -0.25) is 0 Å². The van der Waals surface area contributed by atoms with E-state index in [0.29, 0.717) is 5.95 Å². The van der Waals surface area contributed by atoms with Gasteiger partial charge in [-0.15, -0.1) is 4.68 Å².